The Balaban J connectivity index is 1.51. The summed E-state index contributed by atoms with van der Waals surface area (Å²) in [5.41, 5.74) is 0.649. The molecule has 2 heterocycles. The highest BCUT2D eigenvalue weighted by Crippen LogP contribution is 2.50. The van der Waals surface area contributed by atoms with Crippen molar-refractivity contribution in [2.24, 2.45) is 0 Å². The number of nitrogens with zero attached hydrogens (tertiary/aromatic N) is 1. The van der Waals surface area contributed by atoms with Crippen LogP contribution in [0, 0.1) is 15.9 Å². The summed E-state index contributed by atoms with van der Waals surface area (Å²) in [5, 5.41) is 18.7. The molecular weight excluding hydrogens is 496 g/mol. The maximum absolute atomic E-state index is 13.5. The van der Waals surface area contributed by atoms with Crippen LogP contribution >= 0.6 is 23.2 Å². The van der Waals surface area contributed by atoms with Crippen LogP contribution in [0.5, 0.6) is 5.75 Å². The first-order valence-electron chi connectivity index (χ1n) is 10.9. The number of hydrogen-bond donors (Lipinski definition) is 2. The molecule has 10 heteroatoms. The molecule has 0 aromatic heterocycles. The lowest BCUT2D eigenvalue weighted by molar-refractivity contribution is -0.532. The lowest BCUT2D eigenvalue weighted by Crippen LogP contribution is -2.54. The summed E-state index contributed by atoms with van der Waals surface area (Å²) >= 11 is 13.0. The second kappa shape index (κ2) is 8.78. The summed E-state index contributed by atoms with van der Waals surface area (Å²) in [5.74, 6) is -1.38. The Kier molecular flexibility index (Phi) is 5.91. The van der Waals surface area contributed by atoms with E-state index < -0.39 is 40.2 Å². The van der Waals surface area contributed by atoms with Crippen molar-refractivity contribution in [3.63, 3.8) is 0 Å². The molecular formula is C25H20Cl2FN3O4. The molecule has 0 bridgehead atoms. The van der Waals surface area contributed by atoms with Gasteiger partial charge in [-0.05, 0) is 48.4 Å². The van der Waals surface area contributed by atoms with Crippen LogP contribution < -0.4 is 15.4 Å². The quantitative estimate of drug-likeness (QED) is 0.356. The SMILES string of the molecule is C[C@@H]1N[C@]2(C(=O)Nc3ccccc32)[C@@H]([N+](=O)[O-])[C@H]1c1cc(Cl)c(OCc2cccc(F)c2)c(Cl)c1. The molecule has 0 saturated carbocycles. The molecule has 2 aliphatic heterocycles. The number of rotatable bonds is 5. The molecule has 0 radical (unpaired) electrons. The topological polar surface area (TPSA) is 93.5 Å². The smallest absolute Gasteiger partial charge is 0.256 e. The van der Waals surface area contributed by atoms with Crippen molar-refractivity contribution in [1.29, 1.82) is 0 Å². The highest BCUT2D eigenvalue weighted by molar-refractivity contribution is 6.37. The minimum absolute atomic E-state index is 0.0372. The number of nitrogens with one attached hydrogen (secondary N) is 2. The average molecular weight is 516 g/mol. The van der Waals surface area contributed by atoms with E-state index in [1.165, 1.54) is 12.1 Å². The van der Waals surface area contributed by atoms with E-state index in [0.29, 0.717) is 22.4 Å². The molecule has 3 aromatic rings. The summed E-state index contributed by atoms with van der Waals surface area (Å²) in [6.45, 7) is 1.83. The number of halogens is 3. The summed E-state index contributed by atoms with van der Waals surface area (Å²) < 4.78 is 19.2. The number of amides is 1. The summed E-state index contributed by atoms with van der Waals surface area (Å²) in [4.78, 5) is 25.2. The third-order valence-corrected chi connectivity index (χ3v) is 7.20. The van der Waals surface area contributed by atoms with E-state index in [0.717, 1.165) is 0 Å². The van der Waals surface area contributed by atoms with Gasteiger partial charge in [0.2, 0.25) is 0 Å². The molecule has 2 N–H and O–H groups in total. The van der Waals surface area contributed by atoms with Crippen LogP contribution in [0.4, 0.5) is 10.1 Å². The van der Waals surface area contributed by atoms with Crippen LogP contribution in [-0.2, 0) is 16.9 Å². The number of para-hydroxylation sites is 1. The molecule has 7 nitrogen and oxygen atoms in total. The first-order valence-corrected chi connectivity index (χ1v) is 11.7. The van der Waals surface area contributed by atoms with Crippen LogP contribution in [0.3, 0.4) is 0 Å². The van der Waals surface area contributed by atoms with Gasteiger partial charge in [0.25, 0.3) is 11.9 Å². The molecule has 0 aliphatic carbocycles. The van der Waals surface area contributed by atoms with Gasteiger partial charge in [0, 0.05) is 22.2 Å². The Morgan fingerprint density at radius 2 is 1.83 bits per heavy atom. The van der Waals surface area contributed by atoms with Gasteiger partial charge in [-0.3, -0.25) is 20.2 Å². The van der Waals surface area contributed by atoms with Gasteiger partial charge in [0.15, 0.2) is 11.3 Å². The van der Waals surface area contributed by atoms with E-state index >= 15 is 0 Å². The summed E-state index contributed by atoms with van der Waals surface area (Å²) in [6, 6.07) is 14.3. The van der Waals surface area contributed by atoms with Crippen molar-refractivity contribution in [3.05, 3.63) is 103 Å². The molecule has 1 fully saturated rings. The Bertz CT molecular complexity index is 1330. The molecule has 1 saturated heterocycles. The minimum atomic E-state index is -1.53. The monoisotopic (exact) mass is 515 g/mol. The number of anilines is 1. The molecule has 35 heavy (non-hydrogen) atoms. The Morgan fingerprint density at radius 3 is 2.51 bits per heavy atom. The lowest BCUT2D eigenvalue weighted by atomic mass is 9.78. The second-order valence-corrected chi connectivity index (χ2v) is 9.54. The van der Waals surface area contributed by atoms with Crippen LogP contribution in [0.15, 0.2) is 60.7 Å². The predicted molar refractivity (Wildman–Crippen MR) is 130 cm³/mol. The predicted octanol–water partition coefficient (Wildman–Crippen LogP) is 5.28. The fourth-order valence-corrected chi connectivity index (χ4v) is 5.86. The largest absolute Gasteiger partial charge is 0.486 e. The normalized spacial score (nSPS) is 24.9. The highest BCUT2D eigenvalue weighted by Gasteiger charge is 2.67. The maximum atomic E-state index is 13.5. The van der Waals surface area contributed by atoms with Gasteiger partial charge in [-0.25, -0.2) is 4.39 Å². The first kappa shape index (κ1) is 23.5. The number of benzene rings is 3. The molecule has 1 spiro atoms. The maximum Gasteiger partial charge on any atom is 0.256 e. The number of fused-ring (bicyclic) bond motifs is 2. The van der Waals surface area contributed by atoms with Crippen LogP contribution in [-0.4, -0.2) is 22.9 Å². The summed E-state index contributed by atoms with van der Waals surface area (Å²) in [6.07, 6.45) is 0. The number of nitro groups is 1. The fourth-order valence-electron chi connectivity index (χ4n) is 5.25. The highest BCUT2D eigenvalue weighted by atomic mass is 35.5. The van der Waals surface area contributed by atoms with Gasteiger partial charge in [-0.15, -0.1) is 0 Å². The third-order valence-electron chi connectivity index (χ3n) is 6.64. The Hall–Kier alpha value is -3.20. The molecule has 180 valence electrons. The molecule has 2 aliphatic rings. The van der Waals surface area contributed by atoms with E-state index in [1.807, 2.05) is 0 Å². The molecule has 3 aromatic carbocycles. The van der Waals surface area contributed by atoms with Gasteiger partial charge in [0.05, 0.1) is 16.0 Å². The summed E-state index contributed by atoms with van der Waals surface area (Å²) in [7, 11) is 0. The molecule has 1 amide bonds. The van der Waals surface area contributed by atoms with Crippen molar-refractivity contribution in [1.82, 2.24) is 5.32 Å². The van der Waals surface area contributed by atoms with Crippen molar-refractivity contribution < 1.29 is 18.8 Å². The minimum Gasteiger partial charge on any atom is -0.486 e. The van der Waals surface area contributed by atoms with Crippen LogP contribution in [0.1, 0.15) is 29.5 Å². The average Bonchev–Trinajstić information content (AvgIpc) is 3.27. The third kappa shape index (κ3) is 3.82. The van der Waals surface area contributed by atoms with Gasteiger partial charge in [-0.1, -0.05) is 53.5 Å². The van der Waals surface area contributed by atoms with E-state index in [2.05, 4.69) is 10.6 Å². The zero-order valence-electron chi connectivity index (χ0n) is 18.4. The van der Waals surface area contributed by atoms with E-state index in [4.69, 9.17) is 27.9 Å². The number of carbonyl (C=O) groups is 1. The van der Waals surface area contributed by atoms with Gasteiger partial charge < -0.3 is 10.1 Å². The van der Waals surface area contributed by atoms with Gasteiger partial charge in [-0.2, -0.15) is 0 Å². The lowest BCUT2D eigenvalue weighted by Gasteiger charge is -2.25. The van der Waals surface area contributed by atoms with Gasteiger partial charge in [0.1, 0.15) is 12.4 Å². The Morgan fingerprint density at radius 1 is 1.11 bits per heavy atom. The zero-order valence-corrected chi connectivity index (χ0v) is 19.9. The van der Waals surface area contributed by atoms with Crippen molar-refractivity contribution >= 4 is 34.8 Å². The second-order valence-electron chi connectivity index (χ2n) is 8.73. The molecule has 0 unspecified atom stereocenters. The first-order chi connectivity index (χ1) is 16.7. The fraction of sp³-hybridized carbons (Fsp3) is 0.240. The molecule has 5 rings (SSSR count). The van der Waals surface area contributed by atoms with Crippen molar-refractivity contribution in [2.75, 3.05) is 5.32 Å². The molecule has 4 atom stereocenters. The van der Waals surface area contributed by atoms with Gasteiger partial charge >= 0.3 is 0 Å². The standard InChI is InChI=1S/C25H20Cl2FN3O4/c1-13-21(23(31(33)34)25(30-13)17-7-2-3-8-20(17)29-24(25)32)15-10-18(26)22(19(27)11-15)35-12-14-5-4-6-16(28)9-14/h2-11,13,21,23,30H,12H2,1H3,(H,29,32)/t13-,21+,23-,25-/m0/s1. The van der Waals surface area contributed by atoms with E-state index in [1.54, 1.807) is 55.5 Å². The van der Waals surface area contributed by atoms with Crippen LogP contribution in [0.25, 0.3) is 0 Å². The Labute approximate surface area is 210 Å². The van der Waals surface area contributed by atoms with E-state index in [-0.39, 0.29) is 22.4 Å². The van der Waals surface area contributed by atoms with Crippen molar-refractivity contribution in [3.8, 4) is 5.75 Å². The number of ether oxygens (including phenoxy) is 1. The number of hydrogen-bond acceptors (Lipinski definition) is 5. The van der Waals surface area contributed by atoms with E-state index in [9.17, 15) is 19.3 Å². The zero-order chi connectivity index (χ0) is 24.9. The van der Waals surface area contributed by atoms with Crippen molar-refractivity contribution in [2.45, 2.75) is 37.1 Å². The number of carbonyl (C=O) groups excluding carboxylic acids is 1. The van der Waals surface area contributed by atoms with Crippen LogP contribution in [0.2, 0.25) is 10.0 Å².